The summed E-state index contributed by atoms with van der Waals surface area (Å²) in [5.41, 5.74) is 36.7. The number of carboxylic acids is 7. The molecule has 530 valence electrons. The van der Waals surface area contributed by atoms with Crippen molar-refractivity contribution in [3.8, 4) is 0 Å². The molecule has 2 aromatic heterocycles. The van der Waals surface area contributed by atoms with Gasteiger partial charge in [-0.2, -0.15) is 0 Å². The van der Waals surface area contributed by atoms with Gasteiger partial charge in [0.2, 0.25) is 0 Å². The molecule has 2 heterocycles. The third-order valence-electron chi connectivity index (χ3n) is 15.3. The van der Waals surface area contributed by atoms with Crippen LogP contribution < -0.4 is 22.9 Å². The van der Waals surface area contributed by atoms with Crippen molar-refractivity contribution in [2.75, 3.05) is 22.9 Å². The molecule has 101 heavy (non-hydrogen) atoms. The molecule has 0 fully saturated rings. The van der Waals surface area contributed by atoms with E-state index in [0.29, 0.717) is 51.3 Å². The number of fused-ring (bicyclic) bond motifs is 2. The summed E-state index contributed by atoms with van der Waals surface area (Å²) in [6, 6.07) is 29.3. The van der Waals surface area contributed by atoms with Crippen molar-refractivity contribution in [1.29, 1.82) is 0 Å². The second-order valence-corrected chi connectivity index (χ2v) is 22.5. The molecule has 0 radical (unpaired) electrons. The largest absolute Gasteiger partial charge is 0.478 e. The van der Waals surface area contributed by atoms with Crippen LogP contribution in [0.4, 0.5) is 34.1 Å². The van der Waals surface area contributed by atoms with Crippen LogP contribution in [0.15, 0.2) is 122 Å². The fraction of sp³-hybridized carbons (Fsp3) is 0.194. The van der Waals surface area contributed by atoms with Crippen LogP contribution in [0.25, 0.3) is 22.1 Å². The number of imidazole rings is 2. The number of hydrogen-bond donors (Lipinski definition) is 13. The van der Waals surface area contributed by atoms with Gasteiger partial charge in [-0.3, -0.25) is 25.0 Å². The number of nitrogens with zero attached hydrogens (tertiary/aromatic N) is 4. The lowest BCUT2D eigenvalue weighted by Gasteiger charge is -2.06. The third kappa shape index (κ3) is 21.8. The molecule has 29 nitrogen and oxygen atoms in total. The summed E-state index contributed by atoms with van der Waals surface area (Å²) in [6.45, 7) is 22.7. The quantitative estimate of drug-likeness (QED) is 0.0247. The van der Waals surface area contributed by atoms with E-state index >= 15 is 0 Å². The van der Waals surface area contributed by atoms with Crippen molar-refractivity contribution in [3.05, 3.63) is 253 Å². The number of nitro groups is 2. The summed E-state index contributed by atoms with van der Waals surface area (Å²) in [7, 11) is 0. The normalized spacial score (nSPS) is 9.99. The first-order valence-corrected chi connectivity index (χ1v) is 30.1. The molecule has 0 saturated heterocycles. The fourth-order valence-electron chi connectivity index (χ4n) is 9.59. The number of nitrogens with two attached hydrogens (primary N) is 4. The number of H-pyrrole nitrogens is 2. The number of aromatic amines is 2. The minimum absolute atomic E-state index is 0.0256. The number of aromatic nitrogens is 4. The first kappa shape index (κ1) is 81.9. The maximum absolute atomic E-state index is 11.6. The van der Waals surface area contributed by atoms with E-state index in [9.17, 15) is 58.6 Å². The number of aromatic carboxylic acids is 7. The molecule has 0 bridgehead atoms. The number of carbonyl (C=O) groups is 8. The smallest absolute Gasteiger partial charge is 0.337 e. The van der Waals surface area contributed by atoms with E-state index in [1.165, 1.54) is 56.6 Å². The molecule has 0 aliphatic carbocycles. The highest BCUT2D eigenvalue weighted by molar-refractivity contribution is 6.06. The molecule has 8 aromatic carbocycles. The number of hydrogen-bond acceptors (Lipinski definition) is 18. The summed E-state index contributed by atoms with van der Waals surface area (Å²) >= 11 is 0. The molecule has 10 aromatic rings. The van der Waals surface area contributed by atoms with Crippen molar-refractivity contribution in [3.63, 3.8) is 0 Å². The summed E-state index contributed by atoms with van der Waals surface area (Å²) in [5.74, 6) is -6.91. The number of benzene rings is 8. The summed E-state index contributed by atoms with van der Waals surface area (Å²) < 4.78 is 0. The van der Waals surface area contributed by atoms with Crippen LogP contribution in [0, 0.1) is 103 Å². The number of carboxylic acid groups (broad SMARTS) is 7. The first-order valence-electron chi connectivity index (χ1n) is 30.1. The van der Waals surface area contributed by atoms with Crippen molar-refractivity contribution in [2.45, 2.75) is 96.4 Å². The summed E-state index contributed by atoms with van der Waals surface area (Å²) in [6.07, 6.45) is 3.66. The molecule has 0 unspecified atom stereocenters. The first-order chi connectivity index (χ1) is 47.1. The number of nitrogen functional groups attached to an aromatic ring is 4. The van der Waals surface area contributed by atoms with Gasteiger partial charge in [0.05, 0.1) is 94.9 Å². The van der Waals surface area contributed by atoms with Crippen LogP contribution >= 0.6 is 0 Å². The highest BCUT2D eigenvalue weighted by Crippen LogP contribution is 2.29. The zero-order valence-corrected chi connectivity index (χ0v) is 57.4. The Balaban J connectivity index is 0.000000301. The predicted octanol–water partition coefficient (Wildman–Crippen LogP) is 13.6. The second-order valence-electron chi connectivity index (χ2n) is 22.5. The Labute approximate surface area is 578 Å². The third-order valence-corrected chi connectivity index (χ3v) is 15.3. The second kappa shape index (κ2) is 36.7. The molecule has 0 saturated carbocycles. The molecule has 0 amide bonds. The number of ketones is 1. The van der Waals surface area contributed by atoms with E-state index in [4.69, 9.17) is 58.7 Å². The topological polar surface area (TPSA) is 526 Å². The van der Waals surface area contributed by atoms with E-state index < -0.39 is 51.6 Å². The average Bonchev–Trinajstić information content (AvgIpc) is 1.81. The fourth-order valence-corrected chi connectivity index (χ4v) is 9.59. The van der Waals surface area contributed by atoms with Crippen LogP contribution in [0.3, 0.4) is 0 Å². The number of Topliss-reactive ketones (excluding diaryl/α,β-unsaturated/α-hetero) is 1. The summed E-state index contributed by atoms with van der Waals surface area (Å²) in [4.78, 5) is 120. The van der Waals surface area contributed by atoms with Crippen molar-refractivity contribution < 1.29 is 83.9 Å². The number of nitrogens with one attached hydrogen (secondary N) is 2. The molecule has 17 N–H and O–H groups in total. The lowest BCUT2D eigenvalue weighted by Crippen LogP contribution is -2.06. The average molecular weight is 1390 g/mol. The molecule has 0 atom stereocenters. The Bertz CT molecular complexity index is 4610. The molecular weight excluding hydrogens is 1310 g/mol. The van der Waals surface area contributed by atoms with Crippen LogP contribution in [-0.2, 0) is 0 Å². The van der Waals surface area contributed by atoms with E-state index in [-0.39, 0.29) is 67.4 Å². The van der Waals surface area contributed by atoms with Crippen molar-refractivity contribution in [1.82, 2.24) is 19.9 Å². The number of rotatable bonds is 11. The zero-order valence-electron chi connectivity index (χ0n) is 57.4. The van der Waals surface area contributed by atoms with Crippen LogP contribution in [0.1, 0.15) is 163 Å². The number of nitro benzene ring substituents is 2. The van der Waals surface area contributed by atoms with Gasteiger partial charge in [0.1, 0.15) is 0 Å². The van der Waals surface area contributed by atoms with Gasteiger partial charge in [-0.15, -0.1) is 0 Å². The number of anilines is 4. The molecule has 29 heteroatoms. The van der Waals surface area contributed by atoms with E-state index in [2.05, 4.69) is 19.9 Å². The minimum Gasteiger partial charge on any atom is -0.478 e. The van der Waals surface area contributed by atoms with Gasteiger partial charge in [-0.1, -0.05) is 67.1 Å². The SMILES string of the molecule is CCC(=O)c1ccc(C)c2nc[nH]c12.Cc1ccc(C(=O)O)c(C)c1.Cc1ccc(C(=O)O)c(C)c1N.Cc1ccc(C(=O)O)c(C)c1[N+](=O)[O-].Cc1ccc(C(=O)O)c(C)c1[N+](=O)[O-].Cc1ccc(C(=O)O)c(N)c1.Cc1ccc(C(=O)O)c(N)c1N.Cc1ccc(C(=O)O)c2[nH]cnc12. The number of aryl methyl sites for hydroxylation is 9. The van der Waals surface area contributed by atoms with Crippen molar-refractivity contribution in [2.24, 2.45) is 0 Å². The Kier molecular flexibility index (Phi) is 29.7. The van der Waals surface area contributed by atoms with E-state index in [0.717, 1.165) is 61.1 Å². The standard InChI is InChI=1S/C11H12N2O.C9H8N2O2.2C9H9NO4.C9H11NO2.C9H10O2.C8H10N2O2.C8H9NO2/c1-3-9(14)8-5-4-7(2)10-11(8)13-6-12-10;1-5-2-3-6(9(12)13)8-7(5)10-4-11-8;2*1-5-3-4-7(9(11)12)6(2)8(5)10(13)14;1-5-3-4-7(9(11)12)6(2)8(5)10;1-6-3-4-8(9(10)11)7(2)5-6;1-4-2-3-5(8(11)12)7(10)6(4)9;1-5-2-3-6(8(10)11)7(9)4-5/h4-6H,3H2,1-2H3,(H,12,13);2-4H,1H3,(H,10,11)(H,12,13);2*3-4H,1-2H3,(H,11,12);3-4H,10H2,1-2H3,(H,11,12);3-5H,1-2H3,(H,10,11);2-3H,9-10H2,1H3,(H,11,12);2-4H,9H2,1H3,(H,10,11). The van der Waals surface area contributed by atoms with Crippen LogP contribution in [0.2, 0.25) is 0 Å². The van der Waals surface area contributed by atoms with Gasteiger partial charge in [-0.05, 0) is 177 Å². The van der Waals surface area contributed by atoms with Crippen molar-refractivity contribution >= 4 is 104 Å². The van der Waals surface area contributed by atoms with Gasteiger partial charge in [0, 0.05) is 45.6 Å². The molecule has 0 spiro atoms. The lowest BCUT2D eigenvalue weighted by atomic mass is 10.0. The van der Waals surface area contributed by atoms with E-state index in [1.807, 2.05) is 59.7 Å². The van der Waals surface area contributed by atoms with Gasteiger partial charge >= 0.3 is 41.8 Å². The minimum atomic E-state index is -1.15. The molecule has 10 rings (SSSR count). The Morgan fingerprint density at radius 1 is 0.366 bits per heavy atom. The van der Waals surface area contributed by atoms with Crippen LogP contribution in [-0.4, -0.2) is 113 Å². The van der Waals surface area contributed by atoms with E-state index in [1.54, 1.807) is 95.5 Å². The zero-order chi connectivity index (χ0) is 76.8. The lowest BCUT2D eigenvalue weighted by molar-refractivity contribution is -0.386. The maximum Gasteiger partial charge on any atom is 0.337 e. The van der Waals surface area contributed by atoms with Gasteiger partial charge < -0.3 is 68.6 Å². The highest BCUT2D eigenvalue weighted by Gasteiger charge is 2.22. The van der Waals surface area contributed by atoms with Gasteiger partial charge in [-0.25, -0.2) is 43.5 Å². The van der Waals surface area contributed by atoms with Gasteiger partial charge in [0.25, 0.3) is 11.4 Å². The Hall–Kier alpha value is -13.3. The maximum atomic E-state index is 11.6. The number of carbonyl (C=O) groups excluding carboxylic acids is 1. The Morgan fingerprint density at radius 2 is 0.683 bits per heavy atom. The Morgan fingerprint density at radius 3 is 1.06 bits per heavy atom. The van der Waals surface area contributed by atoms with Crippen LogP contribution in [0.5, 0.6) is 0 Å². The highest BCUT2D eigenvalue weighted by atomic mass is 16.6. The molecule has 0 aliphatic rings. The molecule has 0 aliphatic heterocycles. The van der Waals surface area contributed by atoms with Gasteiger partial charge in [0.15, 0.2) is 5.78 Å². The monoisotopic (exact) mass is 1390 g/mol. The summed E-state index contributed by atoms with van der Waals surface area (Å²) in [5, 5.41) is 82.2. The predicted molar refractivity (Wildman–Crippen MR) is 382 cm³/mol. The molecular formula is C72H78N10O19.